The summed E-state index contributed by atoms with van der Waals surface area (Å²) in [6, 6.07) is 14.4. The number of amides is 1. The van der Waals surface area contributed by atoms with E-state index in [1.54, 1.807) is 24.3 Å². The number of ether oxygens (including phenoxy) is 2. The van der Waals surface area contributed by atoms with E-state index in [0.29, 0.717) is 30.5 Å². The van der Waals surface area contributed by atoms with E-state index in [2.05, 4.69) is 10.5 Å². The van der Waals surface area contributed by atoms with Crippen LogP contribution in [0, 0.1) is 0 Å². The van der Waals surface area contributed by atoms with Crippen molar-refractivity contribution in [2.75, 3.05) is 26.4 Å². The van der Waals surface area contributed by atoms with Gasteiger partial charge in [0, 0.05) is 5.02 Å². The van der Waals surface area contributed by atoms with E-state index in [0.717, 1.165) is 11.3 Å². The monoisotopic (exact) mass is 376 g/mol. The highest BCUT2D eigenvalue weighted by Gasteiger charge is 2.01. The number of hydrogen-bond acceptors (Lipinski definition) is 5. The summed E-state index contributed by atoms with van der Waals surface area (Å²) in [5.41, 5.74) is 0.832. The molecule has 138 valence electrons. The summed E-state index contributed by atoms with van der Waals surface area (Å²) in [6.45, 7) is 3.12. The van der Waals surface area contributed by atoms with Gasteiger partial charge < -0.3 is 19.6 Å². The van der Waals surface area contributed by atoms with Gasteiger partial charge in [-0.2, -0.15) is 0 Å². The molecule has 0 unspecified atom stereocenters. The van der Waals surface area contributed by atoms with Crippen LogP contribution in [-0.2, 0) is 9.63 Å². The molecule has 0 saturated carbocycles. The van der Waals surface area contributed by atoms with Gasteiger partial charge >= 0.3 is 0 Å². The van der Waals surface area contributed by atoms with E-state index in [4.69, 9.17) is 25.9 Å². The van der Waals surface area contributed by atoms with Crippen molar-refractivity contribution in [3.63, 3.8) is 0 Å². The summed E-state index contributed by atoms with van der Waals surface area (Å²) < 4.78 is 10.9. The number of carbonyl (C=O) groups excluding carboxylic acids is 1. The molecular weight excluding hydrogens is 356 g/mol. The lowest BCUT2D eigenvalue weighted by atomic mass is 10.2. The number of halogens is 1. The Kier molecular flexibility index (Phi) is 8.29. The van der Waals surface area contributed by atoms with Crippen LogP contribution in [0.5, 0.6) is 11.5 Å². The lowest BCUT2D eigenvalue weighted by molar-refractivity contribution is -0.125. The van der Waals surface area contributed by atoms with Gasteiger partial charge in [0.2, 0.25) is 0 Å². The van der Waals surface area contributed by atoms with E-state index < -0.39 is 0 Å². The number of hydrogen-bond donors (Lipinski definition) is 1. The van der Waals surface area contributed by atoms with Crippen molar-refractivity contribution in [3.05, 3.63) is 59.1 Å². The summed E-state index contributed by atoms with van der Waals surface area (Å²) in [5.74, 6) is 1.24. The molecule has 2 rings (SSSR count). The van der Waals surface area contributed by atoms with Crippen LogP contribution in [0.15, 0.2) is 53.7 Å². The maximum Gasteiger partial charge on any atom is 0.260 e. The molecule has 7 heteroatoms. The van der Waals surface area contributed by atoms with Gasteiger partial charge in [0.1, 0.15) is 18.1 Å². The lowest BCUT2D eigenvalue weighted by Gasteiger charge is -2.08. The van der Waals surface area contributed by atoms with Crippen LogP contribution < -0.4 is 14.8 Å². The third-order valence-corrected chi connectivity index (χ3v) is 3.42. The SMILES string of the molecule is CCOc1ccc(OCCNC(=O)CO/N=C/c2ccc(Cl)cc2)cc1. The van der Waals surface area contributed by atoms with E-state index in [1.165, 1.54) is 6.21 Å². The van der Waals surface area contributed by atoms with Crippen molar-refractivity contribution < 1.29 is 19.1 Å². The highest BCUT2D eigenvalue weighted by Crippen LogP contribution is 2.17. The Morgan fingerprint density at radius 1 is 1.08 bits per heavy atom. The largest absolute Gasteiger partial charge is 0.494 e. The Balaban J connectivity index is 1.57. The first-order chi connectivity index (χ1) is 12.7. The summed E-state index contributed by atoms with van der Waals surface area (Å²) in [5, 5.41) is 7.07. The second-order valence-electron chi connectivity index (χ2n) is 5.16. The molecule has 0 fully saturated rings. The molecule has 26 heavy (non-hydrogen) atoms. The molecule has 0 aliphatic rings. The molecule has 0 heterocycles. The van der Waals surface area contributed by atoms with Crippen LogP contribution >= 0.6 is 11.6 Å². The molecule has 0 spiro atoms. The summed E-state index contributed by atoms with van der Waals surface area (Å²) >= 11 is 5.79. The van der Waals surface area contributed by atoms with Crippen molar-refractivity contribution in [1.82, 2.24) is 5.32 Å². The maximum atomic E-state index is 11.6. The van der Waals surface area contributed by atoms with Crippen LogP contribution in [-0.4, -0.2) is 38.5 Å². The fraction of sp³-hybridized carbons (Fsp3) is 0.263. The van der Waals surface area contributed by atoms with Crippen LogP contribution in [0.3, 0.4) is 0 Å². The predicted molar refractivity (Wildman–Crippen MR) is 101 cm³/mol. The summed E-state index contributed by atoms with van der Waals surface area (Å²) in [6.07, 6.45) is 1.51. The van der Waals surface area contributed by atoms with E-state index >= 15 is 0 Å². The van der Waals surface area contributed by atoms with Crippen LogP contribution in [0.4, 0.5) is 0 Å². The first kappa shape index (κ1) is 19.6. The molecule has 0 bridgehead atoms. The minimum atomic E-state index is -0.270. The second kappa shape index (κ2) is 11.0. The van der Waals surface area contributed by atoms with Gasteiger partial charge in [-0.3, -0.25) is 4.79 Å². The smallest absolute Gasteiger partial charge is 0.260 e. The molecule has 2 aromatic carbocycles. The molecule has 0 aromatic heterocycles. The zero-order valence-corrected chi connectivity index (χ0v) is 15.2. The molecule has 0 aliphatic carbocycles. The summed E-state index contributed by atoms with van der Waals surface area (Å²) in [4.78, 5) is 16.6. The quantitative estimate of drug-likeness (QED) is 0.392. The van der Waals surface area contributed by atoms with Gasteiger partial charge in [-0.1, -0.05) is 28.9 Å². The number of rotatable bonds is 10. The molecule has 6 nitrogen and oxygen atoms in total. The highest BCUT2D eigenvalue weighted by atomic mass is 35.5. The summed E-state index contributed by atoms with van der Waals surface area (Å²) in [7, 11) is 0. The van der Waals surface area contributed by atoms with E-state index in [9.17, 15) is 4.79 Å². The minimum Gasteiger partial charge on any atom is -0.494 e. The number of benzene rings is 2. The standard InChI is InChI=1S/C19H21ClN2O4/c1-2-24-17-7-9-18(10-8-17)25-12-11-21-19(23)14-26-22-13-15-3-5-16(20)6-4-15/h3-10,13H,2,11-12,14H2,1H3,(H,21,23)/b22-13+. The van der Waals surface area contributed by atoms with Crippen LogP contribution in [0.2, 0.25) is 5.02 Å². The maximum absolute atomic E-state index is 11.6. The predicted octanol–water partition coefficient (Wildman–Crippen LogP) is 3.28. The fourth-order valence-corrected chi connectivity index (χ4v) is 2.08. The number of nitrogens with zero attached hydrogens (tertiary/aromatic N) is 1. The normalized spacial score (nSPS) is 10.5. The Morgan fingerprint density at radius 3 is 2.38 bits per heavy atom. The van der Waals surface area contributed by atoms with Gasteiger partial charge in [0.15, 0.2) is 6.61 Å². The Bertz CT molecular complexity index is 702. The first-order valence-corrected chi connectivity index (χ1v) is 8.58. The first-order valence-electron chi connectivity index (χ1n) is 8.20. The van der Waals surface area contributed by atoms with Gasteiger partial charge in [-0.25, -0.2) is 0 Å². The van der Waals surface area contributed by atoms with Crippen molar-refractivity contribution in [1.29, 1.82) is 0 Å². The van der Waals surface area contributed by atoms with Gasteiger partial charge in [0.05, 0.1) is 19.4 Å². The molecule has 0 atom stereocenters. The average molecular weight is 377 g/mol. The van der Waals surface area contributed by atoms with E-state index in [1.807, 2.05) is 31.2 Å². The van der Waals surface area contributed by atoms with Crippen molar-refractivity contribution >= 4 is 23.7 Å². The average Bonchev–Trinajstić information content (AvgIpc) is 2.65. The molecular formula is C19H21ClN2O4. The molecule has 0 saturated heterocycles. The van der Waals surface area contributed by atoms with Gasteiger partial charge in [0.25, 0.3) is 5.91 Å². The van der Waals surface area contributed by atoms with Crippen molar-refractivity contribution in [3.8, 4) is 11.5 Å². The Morgan fingerprint density at radius 2 is 1.73 bits per heavy atom. The molecule has 1 N–H and O–H groups in total. The molecule has 1 amide bonds. The molecule has 0 aliphatic heterocycles. The zero-order valence-electron chi connectivity index (χ0n) is 14.5. The number of carbonyl (C=O) groups is 1. The zero-order chi connectivity index (χ0) is 18.6. The minimum absolute atomic E-state index is 0.160. The Labute approximate surface area is 157 Å². The lowest BCUT2D eigenvalue weighted by Crippen LogP contribution is -2.30. The topological polar surface area (TPSA) is 69.2 Å². The third kappa shape index (κ3) is 7.44. The molecule has 0 radical (unpaired) electrons. The fourth-order valence-electron chi connectivity index (χ4n) is 1.95. The van der Waals surface area contributed by atoms with Crippen LogP contribution in [0.25, 0.3) is 0 Å². The van der Waals surface area contributed by atoms with Crippen LogP contribution in [0.1, 0.15) is 12.5 Å². The van der Waals surface area contributed by atoms with Crippen molar-refractivity contribution in [2.24, 2.45) is 5.16 Å². The highest BCUT2D eigenvalue weighted by molar-refractivity contribution is 6.30. The van der Waals surface area contributed by atoms with Gasteiger partial charge in [-0.15, -0.1) is 0 Å². The Hall–Kier alpha value is -2.73. The third-order valence-electron chi connectivity index (χ3n) is 3.17. The van der Waals surface area contributed by atoms with Gasteiger partial charge in [-0.05, 0) is 48.9 Å². The second-order valence-corrected chi connectivity index (χ2v) is 5.60. The van der Waals surface area contributed by atoms with E-state index in [-0.39, 0.29) is 12.5 Å². The number of nitrogens with one attached hydrogen (secondary N) is 1. The van der Waals surface area contributed by atoms with Crippen molar-refractivity contribution in [2.45, 2.75) is 6.92 Å². The number of oxime groups is 1. The molecule has 2 aromatic rings.